The van der Waals surface area contributed by atoms with Crippen molar-refractivity contribution in [3.05, 3.63) is 58.9 Å². The molecule has 21 heavy (non-hydrogen) atoms. The van der Waals surface area contributed by atoms with Crippen LogP contribution in [0.3, 0.4) is 0 Å². The average molecular weight is 304 g/mol. The molecule has 1 N–H and O–H groups in total. The molecule has 1 aromatic carbocycles. The third-order valence-corrected chi connectivity index (χ3v) is 2.99. The SMILES string of the molecule is CN(C)C(=O)c1ccc(NC(=O)c2ccnc(Cl)c2)cc1. The summed E-state index contributed by atoms with van der Waals surface area (Å²) in [6.45, 7) is 0. The molecule has 1 heterocycles. The Kier molecular flexibility index (Phi) is 4.55. The van der Waals surface area contributed by atoms with Crippen LogP contribution in [0, 0.1) is 0 Å². The van der Waals surface area contributed by atoms with Crippen LogP contribution in [0.1, 0.15) is 20.7 Å². The van der Waals surface area contributed by atoms with Gasteiger partial charge in [0.25, 0.3) is 11.8 Å². The van der Waals surface area contributed by atoms with E-state index in [-0.39, 0.29) is 17.0 Å². The van der Waals surface area contributed by atoms with Crippen LogP contribution in [0.2, 0.25) is 5.15 Å². The van der Waals surface area contributed by atoms with E-state index in [1.165, 1.54) is 17.2 Å². The highest BCUT2D eigenvalue weighted by Crippen LogP contribution is 2.13. The maximum absolute atomic E-state index is 12.0. The summed E-state index contributed by atoms with van der Waals surface area (Å²) in [5.74, 6) is -0.375. The van der Waals surface area contributed by atoms with Gasteiger partial charge < -0.3 is 10.2 Å². The Balaban J connectivity index is 2.10. The van der Waals surface area contributed by atoms with Crippen LogP contribution in [-0.2, 0) is 0 Å². The van der Waals surface area contributed by atoms with Gasteiger partial charge in [0.05, 0.1) is 0 Å². The van der Waals surface area contributed by atoms with Gasteiger partial charge in [0.15, 0.2) is 0 Å². The molecule has 2 aromatic rings. The summed E-state index contributed by atoms with van der Waals surface area (Å²) in [5, 5.41) is 2.99. The molecule has 0 spiro atoms. The zero-order chi connectivity index (χ0) is 15.4. The Morgan fingerprint density at radius 1 is 1.10 bits per heavy atom. The van der Waals surface area contributed by atoms with E-state index in [0.717, 1.165) is 0 Å². The van der Waals surface area contributed by atoms with Crippen LogP contribution in [-0.4, -0.2) is 35.8 Å². The molecular weight excluding hydrogens is 290 g/mol. The van der Waals surface area contributed by atoms with E-state index in [9.17, 15) is 9.59 Å². The maximum atomic E-state index is 12.0. The Hall–Kier alpha value is -2.40. The Bertz CT molecular complexity index is 669. The van der Waals surface area contributed by atoms with Crippen LogP contribution in [0.15, 0.2) is 42.6 Å². The number of carbonyl (C=O) groups is 2. The van der Waals surface area contributed by atoms with Crippen molar-refractivity contribution in [2.75, 3.05) is 19.4 Å². The van der Waals surface area contributed by atoms with E-state index in [1.54, 1.807) is 44.4 Å². The van der Waals surface area contributed by atoms with Gasteiger partial charge in [0.1, 0.15) is 5.15 Å². The highest BCUT2D eigenvalue weighted by atomic mass is 35.5. The first kappa shape index (κ1) is 15.0. The maximum Gasteiger partial charge on any atom is 0.255 e. The molecule has 0 saturated carbocycles. The van der Waals surface area contributed by atoms with E-state index in [2.05, 4.69) is 10.3 Å². The Morgan fingerprint density at radius 3 is 2.33 bits per heavy atom. The Labute approximate surface area is 127 Å². The summed E-state index contributed by atoms with van der Waals surface area (Å²) < 4.78 is 0. The van der Waals surface area contributed by atoms with Gasteiger partial charge in [-0.1, -0.05) is 11.6 Å². The normalized spacial score (nSPS) is 10.0. The lowest BCUT2D eigenvalue weighted by molar-refractivity contribution is 0.0827. The molecule has 5 nitrogen and oxygen atoms in total. The second-order valence-corrected chi connectivity index (χ2v) is 4.99. The smallest absolute Gasteiger partial charge is 0.255 e. The van der Waals surface area contributed by atoms with Gasteiger partial charge in [0, 0.05) is 37.1 Å². The molecule has 2 rings (SSSR count). The highest BCUT2D eigenvalue weighted by Gasteiger charge is 2.09. The summed E-state index contributed by atoms with van der Waals surface area (Å²) >= 11 is 5.74. The fourth-order valence-electron chi connectivity index (χ4n) is 1.70. The number of pyridine rings is 1. The van der Waals surface area contributed by atoms with Gasteiger partial charge in [-0.05, 0) is 36.4 Å². The fourth-order valence-corrected chi connectivity index (χ4v) is 1.88. The number of benzene rings is 1. The number of nitrogens with zero attached hydrogens (tertiary/aromatic N) is 2. The zero-order valence-corrected chi connectivity index (χ0v) is 12.4. The lowest BCUT2D eigenvalue weighted by atomic mass is 10.2. The summed E-state index contributed by atoms with van der Waals surface area (Å²) in [6, 6.07) is 9.75. The predicted molar refractivity (Wildman–Crippen MR) is 81.7 cm³/mol. The van der Waals surface area contributed by atoms with Crippen LogP contribution in [0.25, 0.3) is 0 Å². The summed E-state index contributed by atoms with van der Waals surface area (Å²) in [7, 11) is 3.37. The lowest BCUT2D eigenvalue weighted by Gasteiger charge is -2.11. The minimum atomic E-state index is -0.286. The number of carbonyl (C=O) groups excluding carboxylic acids is 2. The Morgan fingerprint density at radius 2 is 1.76 bits per heavy atom. The number of halogens is 1. The molecule has 0 unspecified atom stereocenters. The topological polar surface area (TPSA) is 62.3 Å². The van der Waals surface area contributed by atoms with Crippen molar-refractivity contribution < 1.29 is 9.59 Å². The lowest BCUT2D eigenvalue weighted by Crippen LogP contribution is -2.21. The molecule has 108 valence electrons. The van der Waals surface area contributed by atoms with Crippen LogP contribution >= 0.6 is 11.6 Å². The molecule has 0 aliphatic heterocycles. The second kappa shape index (κ2) is 6.37. The first-order chi connectivity index (χ1) is 9.97. The first-order valence-corrected chi connectivity index (χ1v) is 6.60. The number of hydrogen-bond acceptors (Lipinski definition) is 3. The number of hydrogen-bond donors (Lipinski definition) is 1. The van der Waals surface area contributed by atoms with E-state index >= 15 is 0 Å². The van der Waals surface area contributed by atoms with Crippen LogP contribution < -0.4 is 5.32 Å². The molecule has 0 aliphatic carbocycles. The van der Waals surface area contributed by atoms with E-state index in [0.29, 0.717) is 16.8 Å². The number of aromatic nitrogens is 1. The number of amides is 2. The summed E-state index contributed by atoms with van der Waals surface area (Å²) in [6.07, 6.45) is 1.47. The van der Waals surface area contributed by atoms with Crippen LogP contribution in [0.4, 0.5) is 5.69 Å². The molecule has 1 aromatic heterocycles. The van der Waals surface area contributed by atoms with E-state index in [1.807, 2.05) is 0 Å². The van der Waals surface area contributed by atoms with Crippen molar-refractivity contribution in [1.29, 1.82) is 0 Å². The average Bonchev–Trinajstić information content (AvgIpc) is 2.47. The van der Waals surface area contributed by atoms with Crippen molar-refractivity contribution in [1.82, 2.24) is 9.88 Å². The third-order valence-electron chi connectivity index (χ3n) is 2.78. The number of nitrogens with one attached hydrogen (secondary N) is 1. The third kappa shape index (κ3) is 3.79. The van der Waals surface area contributed by atoms with Gasteiger partial charge >= 0.3 is 0 Å². The van der Waals surface area contributed by atoms with Gasteiger partial charge in [-0.3, -0.25) is 9.59 Å². The largest absolute Gasteiger partial charge is 0.345 e. The minimum Gasteiger partial charge on any atom is -0.345 e. The van der Waals surface area contributed by atoms with Crippen molar-refractivity contribution in [2.45, 2.75) is 0 Å². The fraction of sp³-hybridized carbons (Fsp3) is 0.133. The first-order valence-electron chi connectivity index (χ1n) is 6.22. The zero-order valence-electron chi connectivity index (χ0n) is 11.6. The van der Waals surface area contributed by atoms with E-state index < -0.39 is 0 Å². The van der Waals surface area contributed by atoms with Gasteiger partial charge in [0.2, 0.25) is 0 Å². The van der Waals surface area contributed by atoms with Gasteiger partial charge in [-0.25, -0.2) is 4.98 Å². The number of rotatable bonds is 3. The van der Waals surface area contributed by atoms with Crippen molar-refractivity contribution in [3.8, 4) is 0 Å². The predicted octanol–water partition coefficient (Wildman–Crippen LogP) is 2.69. The van der Waals surface area contributed by atoms with Crippen LogP contribution in [0.5, 0.6) is 0 Å². The summed E-state index contributed by atoms with van der Waals surface area (Å²) in [4.78, 5) is 29.1. The van der Waals surface area contributed by atoms with Crippen molar-refractivity contribution >= 4 is 29.1 Å². The second-order valence-electron chi connectivity index (χ2n) is 4.60. The molecule has 2 amide bonds. The molecular formula is C15H14ClN3O2. The van der Waals surface area contributed by atoms with Crippen molar-refractivity contribution in [2.24, 2.45) is 0 Å². The molecule has 6 heteroatoms. The molecule has 0 aliphatic rings. The minimum absolute atomic E-state index is 0.0891. The number of anilines is 1. The molecule has 0 fully saturated rings. The standard InChI is InChI=1S/C15H14ClN3O2/c1-19(2)15(21)10-3-5-12(6-4-10)18-14(20)11-7-8-17-13(16)9-11/h3-9H,1-2H3,(H,18,20). The van der Waals surface area contributed by atoms with E-state index in [4.69, 9.17) is 11.6 Å². The summed E-state index contributed by atoms with van der Waals surface area (Å²) in [5.41, 5.74) is 1.58. The van der Waals surface area contributed by atoms with Crippen molar-refractivity contribution in [3.63, 3.8) is 0 Å². The molecule has 0 saturated heterocycles. The highest BCUT2D eigenvalue weighted by molar-refractivity contribution is 6.29. The van der Waals surface area contributed by atoms with Gasteiger partial charge in [-0.2, -0.15) is 0 Å². The molecule has 0 bridgehead atoms. The monoisotopic (exact) mass is 303 g/mol. The molecule has 0 radical (unpaired) electrons. The quantitative estimate of drug-likeness (QED) is 0.887. The molecule has 0 atom stereocenters. The van der Waals surface area contributed by atoms with Gasteiger partial charge in [-0.15, -0.1) is 0 Å².